The van der Waals surface area contributed by atoms with Crippen molar-refractivity contribution in [1.82, 2.24) is 23.6 Å². The first-order chi connectivity index (χ1) is 18.2. The average Bonchev–Trinajstić information content (AvgIpc) is 3.25. The van der Waals surface area contributed by atoms with Gasteiger partial charge in [-0.3, -0.25) is 18.7 Å². The van der Waals surface area contributed by atoms with Crippen LogP contribution >= 0.6 is 0 Å². The molecule has 39 heavy (non-hydrogen) atoms. The number of carboxylic acids is 1. The number of aromatic nitrogens is 4. The van der Waals surface area contributed by atoms with E-state index in [9.17, 15) is 37.5 Å². The van der Waals surface area contributed by atoms with Gasteiger partial charge < -0.3 is 14.6 Å². The number of hydrogen-bond acceptors (Lipinski definition) is 5. The fraction of sp³-hybridized carbons (Fsp3) is 0.269. The van der Waals surface area contributed by atoms with Gasteiger partial charge >= 0.3 is 17.8 Å². The van der Waals surface area contributed by atoms with Crippen molar-refractivity contribution in [2.75, 3.05) is 7.05 Å². The van der Waals surface area contributed by atoms with Crippen LogP contribution in [0.1, 0.15) is 34.0 Å². The lowest BCUT2D eigenvalue weighted by Gasteiger charge is -2.22. The van der Waals surface area contributed by atoms with Crippen LogP contribution in [0.15, 0.2) is 58.5 Å². The predicted octanol–water partition coefficient (Wildman–Crippen LogP) is 2.81. The zero-order valence-electron chi connectivity index (χ0n) is 21.4. The van der Waals surface area contributed by atoms with E-state index >= 15 is 0 Å². The number of benzene rings is 2. The van der Waals surface area contributed by atoms with Crippen LogP contribution in [0.4, 0.5) is 13.2 Å². The van der Waals surface area contributed by atoms with Crippen molar-refractivity contribution in [3.8, 4) is 5.69 Å². The van der Waals surface area contributed by atoms with Gasteiger partial charge in [0.25, 0.3) is 11.5 Å². The van der Waals surface area contributed by atoms with Gasteiger partial charge in [0, 0.05) is 20.3 Å². The minimum absolute atomic E-state index is 0.0487. The Bertz CT molecular complexity index is 1730. The van der Waals surface area contributed by atoms with E-state index < -0.39 is 53.0 Å². The molecule has 1 atom stereocenters. The van der Waals surface area contributed by atoms with Gasteiger partial charge in [-0.15, -0.1) is 0 Å². The first-order valence-electron chi connectivity index (χ1n) is 11.7. The number of imidazole rings is 1. The van der Waals surface area contributed by atoms with Crippen LogP contribution in [0.2, 0.25) is 0 Å². The Hall–Kier alpha value is -4.68. The molecule has 1 unspecified atom stereocenters. The van der Waals surface area contributed by atoms with Gasteiger partial charge in [-0.2, -0.15) is 13.2 Å². The second kappa shape index (κ2) is 9.89. The molecule has 2 aromatic heterocycles. The SMILES string of the molecule is Cc1c(Cn2c(=O)c(C(=O)N(C)C(C)C(=O)O)cn(-c3ccc4c(c3)ncn4C)c2=O)cccc1C(F)(F)F. The van der Waals surface area contributed by atoms with Gasteiger partial charge in [0.15, 0.2) is 0 Å². The molecule has 0 bridgehead atoms. The summed E-state index contributed by atoms with van der Waals surface area (Å²) in [5, 5.41) is 9.34. The molecule has 1 N–H and O–H groups in total. The van der Waals surface area contributed by atoms with Crippen molar-refractivity contribution in [1.29, 1.82) is 0 Å². The number of aliphatic carboxylic acids is 1. The lowest BCUT2D eigenvalue weighted by atomic mass is 10.0. The summed E-state index contributed by atoms with van der Waals surface area (Å²) >= 11 is 0. The number of fused-ring (bicyclic) bond motifs is 1. The van der Waals surface area contributed by atoms with Crippen molar-refractivity contribution in [3.05, 3.63) is 92.0 Å². The number of alkyl halides is 3. The highest BCUT2D eigenvalue weighted by atomic mass is 19.4. The highest BCUT2D eigenvalue weighted by Gasteiger charge is 2.33. The zero-order chi connectivity index (χ0) is 28.8. The Balaban J connectivity index is 1.95. The number of aryl methyl sites for hydroxylation is 1. The van der Waals surface area contributed by atoms with Crippen molar-refractivity contribution < 1.29 is 27.9 Å². The standard InChI is InChI=1S/C26H24F3N5O5/c1-14-16(6-5-7-19(14)26(27,28)29)11-34-23(36)18(22(35)32(4)15(2)24(37)38)12-33(25(34)39)17-8-9-21-20(10-17)30-13-31(21)3/h5-10,12-13,15H,11H2,1-4H3,(H,37,38). The lowest BCUT2D eigenvalue weighted by molar-refractivity contribution is -0.141. The van der Waals surface area contributed by atoms with Crippen molar-refractivity contribution in [2.24, 2.45) is 7.05 Å². The second-order valence-electron chi connectivity index (χ2n) is 9.13. The molecule has 0 saturated heterocycles. The fourth-order valence-corrected chi connectivity index (χ4v) is 4.21. The number of carbonyl (C=O) groups excluding carboxylic acids is 1. The summed E-state index contributed by atoms with van der Waals surface area (Å²) in [6.07, 6.45) is -2.08. The van der Waals surface area contributed by atoms with Crippen LogP contribution in [0.5, 0.6) is 0 Å². The number of nitrogens with zero attached hydrogens (tertiary/aromatic N) is 5. The summed E-state index contributed by atoms with van der Waals surface area (Å²) in [5.74, 6) is -2.29. The maximum Gasteiger partial charge on any atom is 0.416 e. The van der Waals surface area contributed by atoms with Gasteiger partial charge in [0.1, 0.15) is 11.6 Å². The van der Waals surface area contributed by atoms with Crippen molar-refractivity contribution in [3.63, 3.8) is 0 Å². The van der Waals surface area contributed by atoms with Crippen LogP contribution < -0.4 is 11.2 Å². The molecule has 0 radical (unpaired) electrons. The average molecular weight is 544 g/mol. The van der Waals surface area contributed by atoms with Gasteiger partial charge in [-0.25, -0.2) is 14.6 Å². The lowest BCUT2D eigenvalue weighted by Crippen LogP contribution is -2.47. The normalized spacial score (nSPS) is 12.5. The molecule has 13 heteroatoms. The Kier molecular flexibility index (Phi) is 6.94. The molecule has 0 aliphatic heterocycles. The molecule has 10 nitrogen and oxygen atoms in total. The summed E-state index contributed by atoms with van der Waals surface area (Å²) in [6.45, 7) is 1.92. The minimum Gasteiger partial charge on any atom is -0.480 e. The molecule has 2 aromatic carbocycles. The van der Waals surface area contributed by atoms with E-state index in [1.807, 2.05) is 0 Å². The van der Waals surface area contributed by atoms with E-state index in [1.165, 1.54) is 33.0 Å². The monoisotopic (exact) mass is 543 g/mol. The van der Waals surface area contributed by atoms with Crippen LogP contribution in [-0.4, -0.2) is 53.7 Å². The fourth-order valence-electron chi connectivity index (χ4n) is 4.21. The van der Waals surface area contributed by atoms with Crippen molar-refractivity contribution in [2.45, 2.75) is 32.6 Å². The van der Waals surface area contributed by atoms with E-state index in [1.54, 1.807) is 36.1 Å². The highest BCUT2D eigenvalue weighted by Crippen LogP contribution is 2.33. The largest absolute Gasteiger partial charge is 0.480 e. The molecule has 204 valence electrons. The number of halogens is 3. The second-order valence-corrected chi connectivity index (χ2v) is 9.13. The molecule has 0 aliphatic carbocycles. The third kappa shape index (κ3) is 4.94. The Morgan fingerprint density at radius 2 is 1.85 bits per heavy atom. The quantitative estimate of drug-likeness (QED) is 0.400. The first kappa shape index (κ1) is 27.4. The van der Waals surface area contributed by atoms with Gasteiger partial charge in [0.05, 0.1) is 35.2 Å². The van der Waals surface area contributed by atoms with E-state index in [-0.39, 0.29) is 16.8 Å². The van der Waals surface area contributed by atoms with Gasteiger partial charge in [-0.05, 0) is 49.2 Å². The molecule has 4 aromatic rings. The Labute approximate surface area is 219 Å². The topological polar surface area (TPSA) is 119 Å². The van der Waals surface area contributed by atoms with E-state index in [0.29, 0.717) is 10.1 Å². The van der Waals surface area contributed by atoms with Gasteiger partial charge in [0.2, 0.25) is 0 Å². The third-order valence-electron chi connectivity index (χ3n) is 6.73. The number of likely N-dealkylation sites (N-methyl/N-ethyl adjacent to an activating group) is 1. The molecular formula is C26H24F3N5O5. The molecule has 0 aliphatic rings. The molecule has 0 spiro atoms. The maximum atomic E-state index is 13.6. The number of amides is 1. The third-order valence-corrected chi connectivity index (χ3v) is 6.73. The number of carbonyl (C=O) groups is 2. The molecular weight excluding hydrogens is 519 g/mol. The molecule has 0 fully saturated rings. The molecule has 0 saturated carbocycles. The van der Waals surface area contributed by atoms with Crippen LogP contribution in [0.25, 0.3) is 16.7 Å². The summed E-state index contributed by atoms with van der Waals surface area (Å²) in [7, 11) is 2.96. The number of hydrogen-bond donors (Lipinski definition) is 1. The number of carboxylic acid groups (broad SMARTS) is 1. The Morgan fingerprint density at radius 1 is 1.15 bits per heavy atom. The first-order valence-corrected chi connectivity index (χ1v) is 11.7. The van der Waals surface area contributed by atoms with E-state index in [0.717, 1.165) is 27.2 Å². The smallest absolute Gasteiger partial charge is 0.416 e. The Morgan fingerprint density at radius 3 is 2.49 bits per heavy atom. The summed E-state index contributed by atoms with van der Waals surface area (Å²) < 4.78 is 43.9. The highest BCUT2D eigenvalue weighted by molar-refractivity contribution is 5.96. The maximum absolute atomic E-state index is 13.6. The van der Waals surface area contributed by atoms with Crippen LogP contribution in [-0.2, 0) is 24.6 Å². The minimum atomic E-state index is -4.66. The predicted molar refractivity (Wildman–Crippen MR) is 135 cm³/mol. The molecule has 2 heterocycles. The summed E-state index contributed by atoms with van der Waals surface area (Å²) in [4.78, 5) is 56.8. The summed E-state index contributed by atoms with van der Waals surface area (Å²) in [5.41, 5.74) is -2.06. The van der Waals surface area contributed by atoms with E-state index in [2.05, 4.69) is 4.98 Å². The number of rotatable bonds is 6. The van der Waals surface area contributed by atoms with Gasteiger partial charge in [-0.1, -0.05) is 12.1 Å². The zero-order valence-corrected chi connectivity index (χ0v) is 21.4. The van der Waals surface area contributed by atoms with Crippen LogP contribution in [0, 0.1) is 6.92 Å². The molecule has 1 amide bonds. The van der Waals surface area contributed by atoms with E-state index in [4.69, 9.17) is 0 Å². The summed E-state index contributed by atoms with van der Waals surface area (Å²) in [6, 6.07) is 6.91. The van der Waals surface area contributed by atoms with Crippen LogP contribution in [0.3, 0.4) is 0 Å². The molecule has 4 rings (SSSR count). The van der Waals surface area contributed by atoms with Crippen molar-refractivity contribution >= 4 is 22.9 Å².